The molecule has 8 heteroatoms. The van der Waals surface area contributed by atoms with Crippen molar-refractivity contribution in [3.8, 4) is 0 Å². The Kier molecular flexibility index (Phi) is 12.4. The quantitative estimate of drug-likeness (QED) is 0.105. The molecule has 0 aliphatic carbocycles. The predicted molar refractivity (Wildman–Crippen MR) is 125 cm³/mol. The fraction of sp³-hybridized carbons (Fsp3) is 1.00. The van der Waals surface area contributed by atoms with E-state index in [2.05, 4.69) is 27.7 Å². The van der Waals surface area contributed by atoms with Crippen LogP contribution in [0.5, 0.6) is 0 Å². The van der Waals surface area contributed by atoms with E-state index in [0.29, 0.717) is 5.92 Å². The first kappa shape index (κ1) is 30.9. The van der Waals surface area contributed by atoms with Gasteiger partial charge in [0.25, 0.3) is 5.79 Å². The Bertz CT molecular complexity index is 472. The molecule has 1 atom stereocenters. The molecule has 0 bridgehead atoms. The molecule has 0 saturated heterocycles. The number of hydrogen-bond donors (Lipinski definition) is 0. The van der Waals surface area contributed by atoms with Crippen molar-refractivity contribution in [3.05, 3.63) is 0 Å². The van der Waals surface area contributed by atoms with Crippen molar-refractivity contribution in [2.24, 2.45) is 11.3 Å². The first-order valence-electron chi connectivity index (χ1n) is 11.4. The van der Waals surface area contributed by atoms with Crippen molar-refractivity contribution in [1.82, 2.24) is 0 Å². The van der Waals surface area contributed by atoms with Gasteiger partial charge in [-0.1, -0.05) is 40.5 Å². The van der Waals surface area contributed by atoms with Crippen LogP contribution in [-0.2, 0) is 33.4 Å². The maximum atomic E-state index is 6.03. The summed E-state index contributed by atoms with van der Waals surface area (Å²) in [7, 11) is -1.44. The van der Waals surface area contributed by atoms with Crippen molar-refractivity contribution >= 4 is 10.0 Å². The molecule has 0 aromatic heterocycles. The van der Waals surface area contributed by atoms with Crippen LogP contribution in [0.4, 0.5) is 0 Å². The average Bonchev–Trinajstić information content (AvgIpc) is 2.53. The molecule has 0 fully saturated rings. The highest BCUT2D eigenvalue weighted by Gasteiger charge is 2.52. The van der Waals surface area contributed by atoms with Crippen molar-refractivity contribution in [3.63, 3.8) is 0 Å². The van der Waals surface area contributed by atoms with Gasteiger partial charge >= 0.3 is 10.0 Å². The van der Waals surface area contributed by atoms with Crippen LogP contribution in [0, 0.1) is 11.3 Å². The van der Waals surface area contributed by atoms with E-state index in [1.165, 1.54) is 0 Å². The van der Waals surface area contributed by atoms with Crippen LogP contribution < -0.4 is 0 Å². The molecular formula is C23H50O7Si. The average molecular weight is 467 g/mol. The van der Waals surface area contributed by atoms with Gasteiger partial charge in [-0.25, -0.2) is 14.7 Å². The fourth-order valence-electron chi connectivity index (χ4n) is 2.90. The molecular weight excluding hydrogens is 416 g/mol. The highest BCUT2D eigenvalue weighted by molar-refractivity contribution is 6.17. The minimum Gasteiger partial charge on any atom is -0.391 e. The highest BCUT2D eigenvalue weighted by atomic mass is 28.3. The molecule has 0 aromatic carbocycles. The molecule has 31 heavy (non-hydrogen) atoms. The van der Waals surface area contributed by atoms with Gasteiger partial charge in [0.05, 0.1) is 23.4 Å². The predicted octanol–water partition coefficient (Wildman–Crippen LogP) is 5.79. The van der Waals surface area contributed by atoms with E-state index >= 15 is 0 Å². The van der Waals surface area contributed by atoms with E-state index in [1.54, 1.807) is 0 Å². The maximum Gasteiger partial charge on any atom is 0.345 e. The summed E-state index contributed by atoms with van der Waals surface area (Å²) in [6.45, 7) is 26.0. The zero-order chi connectivity index (χ0) is 24.6. The summed E-state index contributed by atoms with van der Waals surface area (Å²) >= 11 is 0. The second kappa shape index (κ2) is 12.4. The first-order chi connectivity index (χ1) is 13.8. The van der Waals surface area contributed by atoms with E-state index < -0.39 is 38.0 Å². The van der Waals surface area contributed by atoms with Gasteiger partial charge in [-0.2, -0.15) is 9.78 Å². The molecule has 0 aliphatic rings. The standard InChI is InChI=1S/C23H50O7Si/c1-14-15-18(2)16-22(12,13)23(28-25-19(3,4)5,29-26-20(6,7)8)17-24-31-30-27-21(9,10)11/h18H,14-17,31H2,1-13H3. The monoisotopic (exact) mass is 466 g/mol. The molecule has 0 rings (SSSR count). The van der Waals surface area contributed by atoms with Gasteiger partial charge < -0.3 is 4.43 Å². The second-order valence-electron chi connectivity index (χ2n) is 12.1. The van der Waals surface area contributed by atoms with Gasteiger partial charge in [0.2, 0.25) is 0 Å². The summed E-state index contributed by atoms with van der Waals surface area (Å²) in [5, 5.41) is 0. The summed E-state index contributed by atoms with van der Waals surface area (Å²) in [5.41, 5.74) is -1.97. The molecule has 0 heterocycles. The van der Waals surface area contributed by atoms with Gasteiger partial charge in [0.15, 0.2) is 0 Å². The largest absolute Gasteiger partial charge is 0.391 e. The van der Waals surface area contributed by atoms with E-state index in [-0.39, 0.29) is 6.61 Å². The lowest BCUT2D eigenvalue weighted by molar-refractivity contribution is -0.564. The Labute approximate surface area is 193 Å². The third-order valence-corrected chi connectivity index (χ3v) is 4.84. The molecule has 0 radical (unpaired) electrons. The van der Waals surface area contributed by atoms with Crippen LogP contribution >= 0.6 is 0 Å². The summed E-state index contributed by atoms with van der Waals surface area (Å²) in [6, 6.07) is 0. The zero-order valence-electron chi connectivity index (χ0n) is 22.5. The minimum absolute atomic E-state index is 0.0880. The fourth-order valence-corrected chi connectivity index (χ4v) is 3.72. The summed E-state index contributed by atoms with van der Waals surface area (Å²) < 4.78 is 11.3. The van der Waals surface area contributed by atoms with Gasteiger partial charge in [-0.05, 0) is 74.7 Å². The topological polar surface area (TPSA) is 64.6 Å². The third kappa shape index (κ3) is 13.9. The van der Waals surface area contributed by atoms with E-state index in [4.69, 9.17) is 33.4 Å². The van der Waals surface area contributed by atoms with Crippen molar-refractivity contribution in [2.75, 3.05) is 6.61 Å². The molecule has 0 spiro atoms. The van der Waals surface area contributed by atoms with Crippen LogP contribution in [0.3, 0.4) is 0 Å². The lowest BCUT2D eigenvalue weighted by atomic mass is 9.75. The Hall–Kier alpha value is -0.0631. The Morgan fingerprint density at radius 1 is 0.677 bits per heavy atom. The van der Waals surface area contributed by atoms with Gasteiger partial charge in [0.1, 0.15) is 0 Å². The van der Waals surface area contributed by atoms with E-state index in [1.807, 2.05) is 62.3 Å². The molecule has 188 valence electrons. The molecule has 7 nitrogen and oxygen atoms in total. The third-order valence-electron chi connectivity index (χ3n) is 4.26. The lowest BCUT2D eigenvalue weighted by Crippen LogP contribution is -2.55. The van der Waals surface area contributed by atoms with Crippen molar-refractivity contribution in [2.45, 2.75) is 132 Å². The zero-order valence-corrected chi connectivity index (χ0v) is 23.9. The Morgan fingerprint density at radius 3 is 1.52 bits per heavy atom. The van der Waals surface area contributed by atoms with Crippen LogP contribution in [0.2, 0.25) is 0 Å². The van der Waals surface area contributed by atoms with Crippen LogP contribution in [0.15, 0.2) is 0 Å². The summed E-state index contributed by atoms with van der Waals surface area (Å²) in [5.74, 6) is -0.832. The molecule has 1 unspecified atom stereocenters. The molecule has 0 saturated carbocycles. The van der Waals surface area contributed by atoms with E-state index in [0.717, 1.165) is 19.3 Å². The van der Waals surface area contributed by atoms with Gasteiger partial charge in [-0.15, -0.1) is 0 Å². The van der Waals surface area contributed by atoms with Gasteiger partial charge in [0, 0.05) is 5.41 Å². The molecule has 0 aromatic rings. The maximum absolute atomic E-state index is 6.03. The van der Waals surface area contributed by atoms with Crippen molar-refractivity contribution < 1.29 is 33.4 Å². The number of rotatable bonds is 14. The normalized spacial score (nSPS) is 15.8. The highest BCUT2D eigenvalue weighted by Crippen LogP contribution is 2.43. The minimum atomic E-state index is -1.44. The summed E-state index contributed by atoms with van der Waals surface area (Å²) in [6.07, 6.45) is 3.06. The molecule has 0 aliphatic heterocycles. The summed E-state index contributed by atoms with van der Waals surface area (Å²) in [4.78, 5) is 28.9. The Morgan fingerprint density at radius 2 is 1.13 bits per heavy atom. The number of hydrogen-bond acceptors (Lipinski definition) is 7. The molecule has 0 N–H and O–H groups in total. The Balaban J connectivity index is 5.70. The van der Waals surface area contributed by atoms with Crippen LogP contribution in [-0.4, -0.2) is 39.2 Å². The SMILES string of the molecule is CCCC(C)CC(C)(C)C(CO[SiH2]OOC(C)(C)C)(OOC(C)(C)C)OOC(C)(C)C. The second-order valence-corrected chi connectivity index (χ2v) is 13.0. The van der Waals surface area contributed by atoms with Crippen LogP contribution in [0.1, 0.15) is 109 Å². The first-order valence-corrected chi connectivity index (χ1v) is 12.6. The smallest absolute Gasteiger partial charge is 0.345 e. The van der Waals surface area contributed by atoms with Crippen LogP contribution in [0.25, 0.3) is 0 Å². The molecule has 0 amide bonds. The van der Waals surface area contributed by atoms with Crippen molar-refractivity contribution in [1.29, 1.82) is 0 Å². The lowest BCUT2D eigenvalue weighted by Gasteiger charge is -2.45. The van der Waals surface area contributed by atoms with Gasteiger partial charge in [-0.3, -0.25) is 4.58 Å². The van der Waals surface area contributed by atoms with E-state index in [9.17, 15) is 0 Å².